The second-order valence-corrected chi connectivity index (χ2v) is 5.68. The monoisotopic (exact) mass is 338 g/mol. The van der Waals surface area contributed by atoms with Crippen molar-refractivity contribution < 1.29 is 9.50 Å². The molecule has 0 spiro atoms. The highest BCUT2D eigenvalue weighted by Crippen LogP contribution is 2.24. The van der Waals surface area contributed by atoms with Crippen molar-refractivity contribution in [2.24, 2.45) is 0 Å². The van der Waals surface area contributed by atoms with E-state index in [1.165, 1.54) is 18.2 Å². The molecule has 3 aromatic heterocycles. The molecule has 3 N–H and O–H groups in total. The van der Waals surface area contributed by atoms with Crippen molar-refractivity contribution in [3.8, 4) is 0 Å². The molecule has 4 rings (SSSR count). The number of rotatable bonds is 4. The number of aromatic nitrogens is 5. The van der Waals surface area contributed by atoms with Crippen LogP contribution in [-0.4, -0.2) is 29.9 Å². The number of nitrogens with zero attached hydrogens (tertiary/aromatic N) is 4. The molecule has 1 aromatic carbocycles. The van der Waals surface area contributed by atoms with Gasteiger partial charge in [-0.15, -0.1) is 5.10 Å². The summed E-state index contributed by atoms with van der Waals surface area (Å²) >= 11 is 0. The maximum Gasteiger partial charge on any atom is 0.184 e. The van der Waals surface area contributed by atoms with E-state index in [1.807, 2.05) is 25.1 Å². The van der Waals surface area contributed by atoms with Crippen LogP contribution < -0.4 is 5.32 Å². The molecule has 4 aromatic rings. The number of aryl methyl sites for hydroxylation is 1. The van der Waals surface area contributed by atoms with Crippen LogP contribution in [0.1, 0.15) is 23.2 Å². The number of halogens is 1. The van der Waals surface area contributed by atoms with Gasteiger partial charge in [0.25, 0.3) is 0 Å². The van der Waals surface area contributed by atoms with Gasteiger partial charge in [0.1, 0.15) is 17.4 Å². The first kappa shape index (κ1) is 15.3. The van der Waals surface area contributed by atoms with Crippen molar-refractivity contribution in [1.29, 1.82) is 0 Å². The van der Waals surface area contributed by atoms with E-state index in [9.17, 15) is 9.50 Å². The van der Waals surface area contributed by atoms with E-state index >= 15 is 0 Å². The summed E-state index contributed by atoms with van der Waals surface area (Å²) in [5.41, 5.74) is 2.02. The molecule has 0 radical (unpaired) electrons. The fourth-order valence-corrected chi connectivity index (χ4v) is 2.59. The van der Waals surface area contributed by atoms with Gasteiger partial charge in [-0.05, 0) is 36.8 Å². The lowest BCUT2D eigenvalue weighted by molar-refractivity contribution is 0.207. The van der Waals surface area contributed by atoms with E-state index < -0.39 is 11.9 Å². The molecule has 126 valence electrons. The standard InChI is InChI=1S/C17H15FN6O/c1-10-8-14(22-21-10)19-16-13-6-3-7-24(13)23-17(20-16)15(25)11-4-2-5-12(18)9-11/h2-9,15,25H,1H3,(H2,19,20,21,22,23). The molecular formula is C17H15FN6O. The lowest BCUT2D eigenvalue weighted by Gasteiger charge is -2.13. The number of aliphatic hydroxyl groups excluding tert-OH is 1. The Kier molecular flexibility index (Phi) is 3.66. The maximum atomic E-state index is 13.4. The minimum Gasteiger partial charge on any atom is -0.380 e. The van der Waals surface area contributed by atoms with Gasteiger partial charge < -0.3 is 10.4 Å². The van der Waals surface area contributed by atoms with Crippen molar-refractivity contribution >= 4 is 17.2 Å². The summed E-state index contributed by atoms with van der Waals surface area (Å²) < 4.78 is 15.0. The van der Waals surface area contributed by atoms with Crippen LogP contribution in [0, 0.1) is 12.7 Å². The molecule has 0 saturated carbocycles. The van der Waals surface area contributed by atoms with Crippen LogP contribution in [0.2, 0.25) is 0 Å². The van der Waals surface area contributed by atoms with E-state index in [2.05, 4.69) is 25.6 Å². The van der Waals surface area contributed by atoms with Crippen molar-refractivity contribution in [2.75, 3.05) is 5.32 Å². The number of hydrogen-bond donors (Lipinski definition) is 3. The predicted octanol–water partition coefficient (Wildman–Crippen LogP) is 2.73. The molecule has 8 heteroatoms. The summed E-state index contributed by atoms with van der Waals surface area (Å²) in [5.74, 6) is 0.829. The highest BCUT2D eigenvalue weighted by Gasteiger charge is 2.18. The van der Waals surface area contributed by atoms with Crippen LogP contribution in [0.15, 0.2) is 48.7 Å². The Balaban J connectivity index is 1.77. The molecule has 0 aliphatic rings. The van der Waals surface area contributed by atoms with Crippen molar-refractivity contribution in [3.63, 3.8) is 0 Å². The topological polar surface area (TPSA) is 91.1 Å². The molecule has 0 saturated heterocycles. The number of hydrogen-bond acceptors (Lipinski definition) is 5. The second kappa shape index (κ2) is 5.99. The molecule has 7 nitrogen and oxygen atoms in total. The molecule has 0 bridgehead atoms. The molecule has 0 amide bonds. The maximum absolute atomic E-state index is 13.4. The van der Waals surface area contributed by atoms with E-state index in [1.54, 1.807) is 16.8 Å². The Morgan fingerprint density at radius 2 is 2.12 bits per heavy atom. The SMILES string of the molecule is Cc1cc(Nc2nc(C(O)c3cccc(F)c3)nn3cccc23)n[nH]1. The molecule has 0 fully saturated rings. The van der Waals surface area contributed by atoms with E-state index in [-0.39, 0.29) is 5.82 Å². The van der Waals surface area contributed by atoms with Crippen LogP contribution in [-0.2, 0) is 0 Å². The summed E-state index contributed by atoms with van der Waals surface area (Å²) in [4.78, 5) is 4.41. The van der Waals surface area contributed by atoms with Gasteiger partial charge in [0, 0.05) is 18.0 Å². The fraction of sp³-hybridized carbons (Fsp3) is 0.118. The van der Waals surface area contributed by atoms with E-state index in [0.717, 1.165) is 11.2 Å². The number of aliphatic hydroxyl groups is 1. The van der Waals surface area contributed by atoms with Crippen LogP contribution >= 0.6 is 0 Å². The Hall–Kier alpha value is -3.26. The molecule has 0 aliphatic heterocycles. The first-order chi connectivity index (χ1) is 12.1. The summed E-state index contributed by atoms with van der Waals surface area (Å²) in [6.45, 7) is 1.89. The normalized spacial score (nSPS) is 12.4. The van der Waals surface area contributed by atoms with Gasteiger partial charge in [-0.1, -0.05) is 12.1 Å². The van der Waals surface area contributed by atoms with Gasteiger partial charge in [0.15, 0.2) is 17.5 Å². The third kappa shape index (κ3) is 2.94. The quantitative estimate of drug-likeness (QED) is 0.532. The lowest BCUT2D eigenvalue weighted by Crippen LogP contribution is -2.11. The smallest absolute Gasteiger partial charge is 0.184 e. The lowest BCUT2D eigenvalue weighted by atomic mass is 10.1. The van der Waals surface area contributed by atoms with Crippen LogP contribution in [0.4, 0.5) is 16.0 Å². The third-order valence-electron chi connectivity index (χ3n) is 3.77. The first-order valence-corrected chi connectivity index (χ1v) is 7.68. The van der Waals surface area contributed by atoms with E-state index in [4.69, 9.17) is 0 Å². The first-order valence-electron chi connectivity index (χ1n) is 7.68. The minimum absolute atomic E-state index is 0.157. The van der Waals surface area contributed by atoms with Gasteiger partial charge in [0.05, 0.1) is 0 Å². The molecular weight excluding hydrogens is 323 g/mol. The van der Waals surface area contributed by atoms with Crippen molar-refractivity contribution in [1.82, 2.24) is 24.8 Å². The third-order valence-corrected chi connectivity index (χ3v) is 3.77. The molecule has 1 atom stereocenters. The molecule has 25 heavy (non-hydrogen) atoms. The Labute approximate surface area is 142 Å². The highest BCUT2D eigenvalue weighted by atomic mass is 19.1. The van der Waals surface area contributed by atoms with Gasteiger partial charge >= 0.3 is 0 Å². The zero-order valence-electron chi connectivity index (χ0n) is 13.3. The average molecular weight is 338 g/mol. The van der Waals surface area contributed by atoms with Crippen LogP contribution in [0.5, 0.6) is 0 Å². The molecule has 3 heterocycles. The minimum atomic E-state index is -1.15. The van der Waals surface area contributed by atoms with Gasteiger partial charge in [-0.3, -0.25) is 5.10 Å². The molecule has 0 aliphatic carbocycles. The Bertz CT molecular complexity index is 1040. The summed E-state index contributed by atoms with van der Waals surface area (Å²) in [7, 11) is 0. The average Bonchev–Trinajstić information content (AvgIpc) is 3.23. The van der Waals surface area contributed by atoms with Gasteiger partial charge in [-0.2, -0.15) is 5.10 Å². The summed E-state index contributed by atoms with van der Waals surface area (Å²) in [5, 5.41) is 25.0. The second-order valence-electron chi connectivity index (χ2n) is 5.68. The van der Waals surface area contributed by atoms with Crippen molar-refractivity contribution in [2.45, 2.75) is 13.0 Å². The largest absolute Gasteiger partial charge is 0.380 e. The van der Waals surface area contributed by atoms with Crippen LogP contribution in [0.25, 0.3) is 5.52 Å². The zero-order valence-corrected chi connectivity index (χ0v) is 13.3. The van der Waals surface area contributed by atoms with Gasteiger partial charge in [-0.25, -0.2) is 13.9 Å². The number of benzene rings is 1. The van der Waals surface area contributed by atoms with Crippen molar-refractivity contribution in [3.05, 3.63) is 71.6 Å². The fourth-order valence-electron chi connectivity index (χ4n) is 2.59. The summed E-state index contributed by atoms with van der Waals surface area (Å²) in [6, 6.07) is 11.2. The number of nitrogens with one attached hydrogen (secondary N) is 2. The predicted molar refractivity (Wildman–Crippen MR) is 90.1 cm³/mol. The highest BCUT2D eigenvalue weighted by molar-refractivity contribution is 5.72. The Morgan fingerprint density at radius 1 is 1.24 bits per heavy atom. The number of H-pyrrole nitrogens is 1. The molecule has 1 unspecified atom stereocenters. The number of fused-ring (bicyclic) bond motifs is 1. The Morgan fingerprint density at radius 3 is 2.88 bits per heavy atom. The number of aromatic amines is 1. The van der Waals surface area contributed by atoms with E-state index in [0.29, 0.717) is 17.2 Å². The summed E-state index contributed by atoms with van der Waals surface area (Å²) in [6.07, 6.45) is 0.601. The zero-order chi connectivity index (χ0) is 17.4. The van der Waals surface area contributed by atoms with Gasteiger partial charge in [0.2, 0.25) is 0 Å². The number of anilines is 2. The van der Waals surface area contributed by atoms with Crippen LogP contribution in [0.3, 0.4) is 0 Å².